The lowest BCUT2D eigenvalue weighted by Gasteiger charge is -2.07. The number of esters is 1. The molecule has 1 N–H and O–H groups in total. The molecule has 0 aliphatic rings. The molecule has 0 unspecified atom stereocenters. The van der Waals surface area contributed by atoms with Gasteiger partial charge in [-0.1, -0.05) is 34.1 Å². The van der Waals surface area contributed by atoms with Crippen molar-refractivity contribution >= 4 is 27.7 Å². The van der Waals surface area contributed by atoms with Crippen molar-refractivity contribution in [2.75, 3.05) is 12.4 Å². The maximum absolute atomic E-state index is 11.3. The molecular formula is C13H12BrN3O2. The monoisotopic (exact) mass is 321 g/mol. The number of anilines is 1. The molecule has 1 aromatic carbocycles. The normalized spacial score (nSPS) is 10.0. The molecule has 0 aliphatic carbocycles. The van der Waals surface area contributed by atoms with Crippen LogP contribution >= 0.6 is 15.9 Å². The largest absolute Gasteiger partial charge is 0.464 e. The predicted octanol–water partition coefficient (Wildman–Crippen LogP) is 2.64. The highest BCUT2D eigenvalue weighted by Crippen LogP contribution is 2.16. The van der Waals surface area contributed by atoms with Gasteiger partial charge in [-0.25, -0.2) is 9.78 Å². The van der Waals surface area contributed by atoms with Crippen molar-refractivity contribution in [2.45, 2.75) is 6.54 Å². The first-order valence-corrected chi connectivity index (χ1v) is 6.37. The zero-order chi connectivity index (χ0) is 13.7. The summed E-state index contributed by atoms with van der Waals surface area (Å²) in [5.74, 6) is 0.0238. The maximum atomic E-state index is 11.3. The molecule has 0 atom stereocenters. The summed E-state index contributed by atoms with van der Waals surface area (Å²) >= 11 is 3.47. The summed E-state index contributed by atoms with van der Waals surface area (Å²) in [5, 5.41) is 3.11. The molecule has 0 saturated heterocycles. The first-order chi connectivity index (χ1) is 9.20. The zero-order valence-electron chi connectivity index (χ0n) is 10.3. The molecule has 6 heteroatoms. The molecule has 0 bridgehead atoms. The van der Waals surface area contributed by atoms with Crippen LogP contribution in [-0.2, 0) is 11.3 Å². The average Bonchev–Trinajstić information content (AvgIpc) is 2.46. The first-order valence-electron chi connectivity index (χ1n) is 5.58. The van der Waals surface area contributed by atoms with E-state index in [1.54, 1.807) is 6.20 Å². The maximum Gasteiger partial charge on any atom is 0.358 e. The number of nitrogens with one attached hydrogen (secondary N) is 1. The summed E-state index contributed by atoms with van der Waals surface area (Å²) in [7, 11) is 1.31. The van der Waals surface area contributed by atoms with Crippen LogP contribution in [0.15, 0.2) is 41.1 Å². The number of carbonyl (C=O) groups is 1. The van der Waals surface area contributed by atoms with Gasteiger partial charge in [-0.3, -0.25) is 4.98 Å². The summed E-state index contributed by atoms with van der Waals surface area (Å²) < 4.78 is 5.61. The summed E-state index contributed by atoms with van der Waals surface area (Å²) in [6.45, 7) is 0.584. The van der Waals surface area contributed by atoms with E-state index in [-0.39, 0.29) is 5.69 Å². The van der Waals surface area contributed by atoms with Crippen LogP contribution in [0.2, 0.25) is 0 Å². The molecule has 1 heterocycles. The highest BCUT2D eigenvalue weighted by atomic mass is 79.9. The van der Waals surface area contributed by atoms with Crippen molar-refractivity contribution in [1.82, 2.24) is 9.97 Å². The number of carbonyl (C=O) groups excluding carboxylic acids is 1. The number of aromatic nitrogens is 2. The Kier molecular flexibility index (Phi) is 4.46. The Labute approximate surface area is 119 Å². The molecule has 5 nitrogen and oxygen atoms in total. The van der Waals surface area contributed by atoms with Crippen LogP contribution in [0.25, 0.3) is 0 Å². The van der Waals surface area contributed by atoms with Crippen molar-refractivity contribution in [3.63, 3.8) is 0 Å². The summed E-state index contributed by atoms with van der Waals surface area (Å²) in [6, 6.07) is 7.87. The summed E-state index contributed by atoms with van der Waals surface area (Å²) in [4.78, 5) is 19.4. The van der Waals surface area contributed by atoms with E-state index in [0.717, 1.165) is 10.0 Å². The van der Waals surface area contributed by atoms with Crippen LogP contribution in [0.3, 0.4) is 0 Å². The molecule has 98 valence electrons. The van der Waals surface area contributed by atoms with Gasteiger partial charge in [0.1, 0.15) is 5.82 Å². The molecular weight excluding hydrogens is 310 g/mol. The van der Waals surface area contributed by atoms with E-state index in [2.05, 4.69) is 36.0 Å². The molecule has 0 fully saturated rings. The zero-order valence-corrected chi connectivity index (χ0v) is 11.8. The highest BCUT2D eigenvalue weighted by Gasteiger charge is 2.08. The Morgan fingerprint density at radius 2 is 2.16 bits per heavy atom. The lowest BCUT2D eigenvalue weighted by atomic mass is 10.2. The van der Waals surface area contributed by atoms with E-state index in [9.17, 15) is 4.79 Å². The quantitative estimate of drug-likeness (QED) is 0.877. The number of ether oxygens (including phenoxy) is 1. The van der Waals surface area contributed by atoms with Crippen LogP contribution in [-0.4, -0.2) is 23.0 Å². The fraction of sp³-hybridized carbons (Fsp3) is 0.154. The van der Waals surface area contributed by atoms with E-state index in [0.29, 0.717) is 12.4 Å². The molecule has 0 aliphatic heterocycles. The second-order valence-corrected chi connectivity index (χ2v) is 4.58. The van der Waals surface area contributed by atoms with Crippen LogP contribution in [0.4, 0.5) is 5.82 Å². The van der Waals surface area contributed by atoms with Gasteiger partial charge in [0.15, 0.2) is 5.69 Å². The third kappa shape index (κ3) is 3.51. The van der Waals surface area contributed by atoms with Crippen molar-refractivity contribution < 1.29 is 9.53 Å². The van der Waals surface area contributed by atoms with Crippen molar-refractivity contribution in [2.24, 2.45) is 0 Å². The number of hydrogen-bond acceptors (Lipinski definition) is 5. The predicted molar refractivity (Wildman–Crippen MR) is 74.8 cm³/mol. The second-order valence-electron chi connectivity index (χ2n) is 3.73. The van der Waals surface area contributed by atoms with E-state index >= 15 is 0 Å². The standard InChI is InChI=1S/C13H12BrN3O2/c1-19-13(18)11-7-15-8-12(17-11)16-6-9-4-2-3-5-10(9)14/h2-5,7-8H,6H2,1H3,(H,16,17). The third-order valence-electron chi connectivity index (χ3n) is 2.45. The smallest absolute Gasteiger partial charge is 0.358 e. The topological polar surface area (TPSA) is 64.1 Å². The lowest BCUT2D eigenvalue weighted by Crippen LogP contribution is -2.08. The minimum Gasteiger partial charge on any atom is -0.464 e. The van der Waals surface area contributed by atoms with Gasteiger partial charge in [-0.2, -0.15) is 0 Å². The fourth-order valence-electron chi connectivity index (χ4n) is 1.48. The van der Waals surface area contributed by atoms with Gasteiger partial charge in [0.05, 0.1) is 19.5 Å². The van der Waals surface area contributed by atoms with Crippen molar-refractivity contribution in [1.29, 1.82) is 0 Å². The number of methoxy groups -OCH3 is 1. The number of halogens is 1. The Hall–Kier alpha value is -1.95. The summed E-state index contributed by atoms with van der Waals surface area (Å²) in [6.07, 6.45) is 2.93. The molecule has 2 aromatic rings. The lowest BCUT2D eigenvalue weighted by molar-refractivity contribution is 0.0593. The molecule has 0 spiro atoms. The van der Waals surface area contributed by atoms with Crippen LogP contribution in [0.1, 0.15) is 16.1 Å². The average molecular weight is 322 g/mol. The van der Waals surface area contributed by atoms with Gasteiger partial charge in [-0.05, 0) is 11.6 Å². The minimum atomic E-state index is -0.503. The molecule has 0 radical (unpaired) electrons. The first kappa shape index (κ1) is 13.5. The second kappa shape index (κ2) is 6.29. The van der Waals surface area contributed by atoms with Crippen molar-refractivity contribution in [3.8, 4) is 0 Å². The van der Waals surface area contributed by atoms with E-state index < -0.39 is 5.97 Å². The van der Waals surface area contributed by atoms with Gasteiger partial charge in [0.2, 0.25) is 0 Å². The van der Waals surface area contributed by atoms with Gasteiger partial charge in [-0.15, -0.1) is 0 Å². The van der Waals surface area contributed by atoms with E-state index in [1.807, 2.05) is 24.3 Å². The van der Waals surface area contributed by atoms with E-state index in [4.69, 9.17) is 0 Å². The number of rotatable bonds is 4. The minimum absolute atomic E-state index is 0.180. The van der Waals surface area contributed by atoms with Crippen molar-refractivity contribution in [3.05, 3.63) is 52.4 Å². The Morgan fingerprint density at radius 1 is 1.37 bits per heavy atom. The molecule has 1 aromatic heterocycles. The summed E-state index contributed by atoms with van der Waals surface area (Å²) in [5.41, 5.74) is 1.27. The SMILES string of the molecule is COC(=O)c1cncc(NCc2ccccc2Br)n1. The fourth-order valence-corrected chi connectivity index (χ4v) is 1.91. The van der Waals surface area contributed by atoms with Crippen LogP contribution in [0.5, 0.6) is 0 Å². The molecule has 0 saturated carbocycles. The highest BCUT2D eigenvalue weighted by molar-refractivity contribution is 9.10. The van der Waals surface area contributed by atoms with Crippen LogP contribution < -0.4 is 5.32 Å². The molecule has 2 rings (SSSR count). The molecule has 0 amide bonds. The number of benzene rings is 1. The third-order valence-corrected chi connectivity index (χ3v) is 3.22. The van der Waals surface area contributed by atoms with Gasteiger partial charge >= 0.3 is 5.97 Å². The number of nitrogens with zero attached hydrogens (tertiary/aromatic N) is 2. The Bertz CT molecular complexity index is 590. The van der Waals surface area contributed by atoms with E-state index in [1.165, 1.54) is 13.3 Å². The van der Waals surface area contributed by atoms with Gasteiger partial charge in [0, 0.05) is 11.0 Å². The Morgan fingerprint density at radius 3 is 2.89 bits per heavy atom. The number of hydrogen-bond donors (Lipinski definition) is 1. The Balaban J connectivity index is 2.08. The van der Waals surface area contributed by atoms with Gasteiger partial charge < -0.3 is 10.1 Å². The van der Waals surface area contributed by atoms with Gasteiger partial charge in [0.25, 0.3) is 0 Å². The van der Waals surface area contributed by atoms with Crippen LogP contribution in [0, 0.1) is 0 Å². The molecule has 19 heavy (non-hydrogen) atoms.